The van der Waals surface area contributed by atoms with Crippen LogP contribution in [0.15, 0.2) is 113 Å². The molecule has 0 saturated heterocycles. The van der Waals surface area contributed by atoms with E-state index < -0.39 is 0 Å². The molecule has 0 saturated carbocycles. The molecule has 0 atom stereocenters. The van der Waals surface area contributed by atoms with Crippen LogP contribution in [-0.2, 0) is 0 Å². The average molecular weight is 423 g/mol. The van der Waals surface area contributed by atoms with Gasteiger partial charge in [0.15, 0.2) is 5.58 Å². The van der Waals surface area contributed by atoms with Gasteiger partial charge in [-0.25, -0.2) is 0 Å². The van der Waals surface area contributed by atoms with E-state index in [1.165, 1.54) is 0 Å². The van der Waals surface area contributed by atoms with Gasteiger partial charge in [-0.15, -0.1) is 0 Å². The van der Waals surface area contributed by atoms with Crippen molar-refractivity contribution in [2.75, 3.05) is 0 Å². The lowest BCUT2D eigenvalue weighted by atomic mass is 9.99. The summed E-state index contributed by atoms with van der Waals surface area (Å²) in [5.74, 6) is 0. The Labute approximate surface area is 185 Å². The molecule has 0 spiro atoms. The van der Waals surface area contributed by atoms with Crippen LogP contribution in [0, 0.1) is 0 Å². The molecule has 0 N–H and O–H groups in total. The molecule has 1 aromatic heterocycles. The fraction of sp³-hybridized carbons (Fsp3) is 0.0370. The first kappa shape index (κ1) is 19.3. The molecule has 0 radical (unpaired) electrons. The van der Waals surface area contributed by atoms with Gasteiger partial charge in [0, 0.05) is 33.8 Å². The summed E-state index contributed by atoms with van der Waals surface area (Å²) >= 11 is 6.10. The van der Waals surface area contributed by atoms with Gasteiger partial charge in [-0.2, -0.15) is 0 Å². The van der Waals surface area contributed by atoms with Crippen molar-refractivity contribution in [1.82, 2.24) is 5.16 Å². The van der Waals surface area contributed by atoms with Gasteiger partial charge in [0.05, 0.1) is 6.04 Å². The van der Waals surface area contributed by atoms with E-state index in [0.717, 1.165) is 33.3 Å². The highest BCUT2D eigenvalue weighted by Gasteiger charge is 2.15. The van der Waals surface area contributed by atoms with E-state index >= 15 is 0 Å². The van der Waals surface area contributed by atoms with Crippen LogP contribution in [0.1, 0.15) is 22.7 Å². The van der Waals surface area contributed by atoms with Gasteiger partial charge in [-0.1, -0.05) is 102 Å². The third kappa shape index (κ3) is 4.00. The number of hydrogen-bond donors (Lipinski definition) is 0. The van der Waals surface area contributed by atoms with Crippen LogP contribution in [-0.4, -0.2) is 11.4 Å². The molecule has 5 rings (SSSR count). The molecule has 0 amide bonds. The fourth-order valence-electron chi connectivity index (χ4n) is 3.72. The van der Waals surface area contributed by atoms with Gasteiger partial charge >= 0.3 is 0 Å². The minimum absolute atomic E-state index is 0.0942. The molecule has 4 aromatic carbocycles. The Morgan fingerprint density at radius 3 is 2.13 bits per heavy atom. The zero-order chi connectivity index (χ0) is 21.0. The molecule has 0 unspecified atom stereocenters. The lowest BCUT2D eigenvalue weighted by Crippen LogP contribution is -1.99. The molecule has 0 aliphatic rings. The van der Waals surface area contributed by atoms with Crippen molar-refractivity contribution in [3.05, 3.63) is 125 Å². The highest BCUT2D eigenvalue weighted by atomic mass is 35.5. The zero-order valence-electron chi connectivity index (χ0n) is 16.7. The highest BCUT2D eigenvalue weighted by molar-refractivity contribution is 6.31. The Morgan fingerprint density at radius 1 is 0.774 bits per heavy atom. The van der Waals surface area contributed by atoms with Crippen LogP contribution >= 0.6 is 11.6 Å². The van der Waals surface area contributed by atoms with Crippen LogP contribution in [0.3, 0.4) is 0 Å². The molecule has 1 heterocycles. The third-order valence-electron chi connectivity index (χ3n) is 5.24. The standard InChI is InChI=1S/C27H19ClN2O/c28-22-15-16-24-25(17-22)31-30-27(24)23-14-8-7-13-21(23)18-29-26(19-9-3-1-4-10-19)20-11-5-2-6-12-20/h1-18,26H/b29-18-. The maximum Gasteiger partial charge on any atom is 0.169 e. The van der Waals surface area contributed by atoms with Crippen molar-refractivity contribution in [3.63, 3.8) is 0 Å². The van der Waals surface area contributed by atoms with Gasteiger partial charge in [0.2, 0.25) is 0 Å². The molecular weight excluding hydrogens is 404 g/mol. The molecule has 150 valence electrons. The van der Waals surface area contributed by atoms with E-state index in [9.17, 15) is 0 Å². The van der Waals surface area contributed by atoms with Crippen molar-refractivity contribution in [3.8, 4) is 11.3 Å². The van der Waals surface area contributed by atoms with Crippen LogP contribution in [0.5, 0.6) is 0 Å². The number of benzene rings is 4. The first-order chi connectivity index (χ1) is 15.3. The first-order valence-electron chi connectivity index (χ1n) is 10.1. The summed E-state index contributed by atoms with van der Waals surface area (Å²) in [6.07, 6.45) is 1.93. The zero-order valence-corrected chi connectivity index (χ0v) is 17.4. The highest BCUT2D eigenvalue weighted by Crippen LogP contribution is 2.32. The summed E-state index contributed by atoms with van der Waals surface area (Å²) in [7, 11) is 0. The second-order valence-electron chi connectivity index (χ2n) is 7.26. The number of rotatable bonds is 5. The van der Waals surface area contributed by atoms with Gasteiger partial charge < -0.3 is 4.52 Å². The molecule has 4 heteroatoms. The summed E-state index contributed by atoms with van der Waals surface area (Å²) in [6.45, 7) is 0. The maximum absolute atomic E-state index is 6.10. The molecule has 0 aliphatic carbocycles. The van der Waals surface area contributed by atoms with Crippen molar-refractivity contribution in [2.45, 2.75) is 6.04 Å². The number of nitrogens with zero attached hydrogens (tertiary/aromatic N) is 2. The molecule has 0 bridgehead atoms. The van der Waals surface area contributed by atoms with Crippen molar-refractivity contribution in [2.24, 2.45) is 4.99 Å². The van der Waals surface area contributed by atoms with Crippen LogP contribution in [0.4, 0.5) is 0 Å². The topological polar surface area (TPSA) is 38.4 Å². The summed E-state index contributed by atoms with van der Waals surface area (Å²) in [4.78, 5) is 4.99. The summed E-state index contributed by atoms with van der Waals surface area (Å²) in [6, 6.07) is 34.2. The monoisotopic (exact) mass is 422 g/mol. The van der Waals surface area contributed by atoms with E-state index in [2.05, 4.69) is 29.4 Å². The Kier molecular flexibility index (Phi) is 5.34. The summed E-state index contributed by atoms with van der Waals surface area (Å²) < 4.78 is 5.52. The minimum Gasteiger partial charge on any atom is -0.356 e. The number of halogens is 1. The van der Waals surface area contributed by atoms with E-state index in [0.29, 0.717) is 10.6 Å². The van der Waals surface area contributed by atoms with Gasteiger partial charge in [0.25, 0.3) is 0 Å². The van der Waals surface area contributed by atoms with Gasteiger partial charge in [-0.05, 0) is 23.3 Å². The largest absolute Gasteiger partial charge is 0.356 e. The quantitative estimate of drug-likeness (QED) is 0.277. The minimum atomic E-state index is -0.0942. The van der Waals surface area contributed by atoms with Gasteiger partial charge in [-0.3, -0.25) is 4.99 Å². The molecule has 5 aromatic rings. The number of aliphatic imine (C=N–C) groups is 1. The Morgan fingerprint density at radius 2 is 1.42 bits per heavy atom. The Hall–Kier alpha value is -3.69. The lowest BCUT2D eigenvalue weighted by Gasteiger charge is -2.14. The van der Waals surface area contributed by atoms with E-state index in [1.807, 2.05) is 79.0 Å². The van der Waals surface area contributed by atoms with Crippen molar-refractivity contribution < 1.29 is 4.52 Å². The predicted octanol–water partition coefficient (Wildman–Crippen LogP) is 7.36. The van der Waals surface area contributed by atoms with E-state index in [1.54, 1.807) is 6.07 Å². The summed E-state index contributed by atoms with van der Waals surface area (Å²) in [5, 5.41) is 5.86. The molecule has 0 fully saturated rings. The fourth-order valence-corrected chi connectivity index (χ4v) is 3.88. The van der Waals surface area contributed by atoms with Crippen LogP contribution in [0.25, 0.3) is 22.2 Å². The van der Waals surface area contributed by atoms with Crippen molar-refractivity contribution in [1.29, 1.82) is 0 Å². The normalized spacial score (nSPS) is 11.5. The number of hydrogen-bond acceptors (Lipinski definition) is 3. The molecule has 0 aliphatic heterocycles. The second-order valence-corrected chi connectivity index (χ2v) is 7.70. The predicted molar refractivity (Wildman–Crippen MR) is 127 cm³/mol. The lowest BCUT2D eigenvalue weighted by molar-refractivity contribution is 0.459. The van der Waals surface area contributed by atoms with Crippen molar-refractivity contribution >= 4 is 28.8 Å². The molecular formula is C27H19ClN2O. The van der Waals surface area contributed by atoms with Crippen LogP contribution < -0.4 is 0 Å². The SMILES string of the molecule is Clc1ccc2c(-c3ccccc3/C=N\C(c3ccccc3)c3ccccc3)noc2c1. The third-order valence-corrected chi connectivity index (χ3v) is 5.48. The average Bonchev–Trinajstić information content (AvgIpc) is 3.24. The smallest absolute Gasteiger partial charge is 0.169 e. The van der Waals surface area contributed by atoms with Crippen LogP contribution in [0.2, 0.25) is 5.02 Å². The summed E-state index contributed by atoms with van der Waals surface area (Å²) in [5.41, 5.74) is 5.68. The van der Waals surface area contributed by atoms with E-state index in [4.69, 9.17) is 21.1 Å². The van der Waals surface area contributed by atoms with Gasteiger partial charge in [0.1, 0.15) is 5.69 Å². The Bertz CT molecular complexity index is 1300. The van der Waals surface area contributed by atoms with E-state index in [-0.39, 0.29) is 6.04 Å². The molecule has 3 nitrogen and oxygen atoms in total. The number of aromatic nitrogens is 1. The molecule has 31 heavy (non-hydrogen) atoms. The Balaban J connectivity index is 1.58. The first-order valence-corrected chi connectivity index (χ1v) is 10.4. The maximum atomic E-state index is 6.10. The second kappa shape index (κ2) is 8.58. The number of fused-ring (bicyclic) bond motifs is 1.